The number of hydrogen-bond donors (Lipinski definition) is 0. The molecule has 1 atom stereocenters. The summed E-state index contributed by atoms with van der Waals surface area (Å²) in [6.07, 6.45) is 8.34. The Balaban J connectivity index is 1.41. The van der Waals surface area contributed by atoms with Crippen molar-refractivity contribution in [2.75, 3.05) is 13.2 Å². The molecule has 1 aromatic carbocycles. The molecule has 27 heavy (non-hydrogen) atoms. The van der Waals surface area contributed by atoms with Gasteiger partial charge in [-0.2, -0.15) is 5.10 Å². The first kappa shape index (κ1) is 17.9. The van der Waals surface area contributed by atoms with Crippen molar-refractivity contribution in [1.82, 2.24) is 19.7 Å². The predicted octanol–water partition coefficient (Wildman–Crippen LogP) is 3.51. The van der Waals surface area contributed by atoms with Gasteiger partial charge in [0.25, 0.3) is 0 Å². The zero-order valence-corrected chi connectivity index (χ0v) is 15.6. The molecule has 1 unspecified atom stereocenters. The molecule has 5 nitrogen and oxygen atoms in total. The second-order valence-corrected chi connectivity index (χ2v) is 7.15. The fraction of sp³-hybridized carbons (Fsp3) is 0.364. The van der Waals surface area contributed by atoms with E-state index in [4.69, 9.17) is 4.74 Å². The topological polar surface area (TPSA) is 43.2 Å². The van der Waals surface area contributed by atoms with Gasteiger partial charge in [0, 0.05) is 44.8 Å². The maximum absolute atomic E-state index is 5.86. The molecule has 5 heteroatoms. The maximum atomic E-state index is 5.86. The van der Waals surface area contributed by atoms with Crippen molar-refractivity contribution >= 4 is 0 Å². The summed E-state index contributed by atoms with van der Waals surface area (Å²) in [6.45, 7) is 4.39. The normalized spacial score (nSPS) is 16.9. The molecular weight excluding hydrogens is 336 g/mol. The van der Waals surface area contributed by atoms with E-state index in [1.54, 1.807) is 0 Å². The average Bonchev–Trinajstić information content (AvgIpc) is 3.38. The third-order valence-corrected chi connectivity index (χ3v) is 4.93. The Labute approximate surface area is 160 Å². The number of rotatable bonds is 8. The first-order chi connectivity index (χ1) is 13.3. The van der Waals surface area contributed by atoms with E-state index in [0.717, 1.165) is 44.9 Å². The van der Waals surface area contributed by atoms with Crippen LogP contribution in [0.4, 0.5) is 0 Å². The number of pyridine rings is 1. The van der Waals surface area contributed by atoms with Crippen LogP contribution in [0.2, 0.25) is 0 Å². The van der Waals surface area contributed by atoms with Crippen LogP contribution in [0.25, 0.3) is 0 Å². The quantitative estimate of drug-likeness (QED) is 0.615. The summed E-state index contributed by atoms with van der Waals surface area (Å²) >= 11 is 0. The van der Waals surface area contributed by atoms with Crippen LogP contribution in [0.3, 0.4) is 0 Å². The summed E-state index contributed by atoms with van der Waals surface area (Å²) in [5.74, 6) is 0. The lowest BCUT2D eigenvalue weighted by Crippen LogP contribution is -2.31. The molecule has 0 amide bonds. The minimum atomic E-state index is 0.341. The molecule has 0 spiro atoms. The van der Waals surface area contributed by atoms with Gasteiger partial charge in [0.2, 0.25) is 0 Å². The van der Waals surface area contributed by atoms with E-state index in [1.165, 1.54) is 17.5 Å². The smallest absolute Gasteiger partial charge is 0.0703 e. The van der Waals surface area contributed by atoms with E-state index >= 15 is 0 Å². The van der Waals surface area contributed by atoms with Crippen LogP contribution in [0, 0.1) is 0 Å². The van der Waals surface area contributed by atoms with Crippen LogP contribution in [0.1, 0.15) is 29.7 Å². The molecule has 1 aliphatic rings. The summed E-state index contributed by atoms with van der Waals surface area (Å²) in [5, 5.41) is 4.27. The van der Waals surface area contributed by atoms with Gasteiger partial charge in [-0.1, -0.05) is 30.3 Å². The third-order valence-electron chi connectivity index (χ3n) is 4.93. The van der Waals surface area contributed by atoms with E-state index in [2.05, 4.69) is 51.4 Å². The van der Waals surface area contributed by atoms with Crippen LogP contribution >= 0.6 is 0 Å². The molecule has 0 saturated carbocycles. The van der Waals surface area contributed by atoms with Crippen LogP contribution in [0.5, 0.6) is 0 Å². The fourth-order valence-electron chi connectivity index (χ4n) is 3.57. The van der Waals surface area contributed by atoms with E-state index < -0.39 is 0 Å². The monoisotopic (exact) mass is 362 g/mol. The molecule has 4 rings (SSSR count). The van der Waals surface area contributed by atoms with Gasteiger partial charge < -0.3 is 4.74 Å². The zero-order valence-electron chi connectivity index (χ0n) is 15.6. The molecule has 1 aliphatic heterocycles. The lowest BCUT2D eigenvalue weighted by molar-refractivity contribution is 0.0675. The highest BCUT2D eigenvalue weighted by molar-refractivity contribution is 5.23. The SMILES string of the molecule is c1ccc(CN(Cc2ccc(Cn3cccn3)cc2)CC2CCCO2)nc1. The highest BCUT2D eigenvalue weighted by Gasteiger charge is 2.20. The van der Waals surface area contributed by atoms with E-state index in [0.29, 0.717) is 6.10 Å². The molecule has 0 N–H and O–H groups in total. The van der Waals surface area contributed by atoms with Crippen LogP contribution in [-0.4, -0.2) is 38.9 Å². The van der Waals surface area contributed by atoms with Gasteiger partial charge in [-0.15, -0.1) is 0 Å². The van der Waals surface area contributed by atoms with Gasteiger partial charge in [-0.25, -0.2) is 0 Å². The molecule has 1 saturated heterocycles. The Kier molecular flexibility index (Phi) is 5.92. The van der Waals surface area contributed by atoms with Crippen molar-refractivity contribution in [3.8, 4) is 0 Å². The zero-order chi connectivity index (χ0) is 18.3. The second kappa shape index (κ2) is 8.93. The third kappa shape index (κ3) is 5.25. The lowest BCUT2D eigenvalue weighted by Gasteiger charge is -2.25. The molecule has 0 radical (unpaired) electrons. The van der Waals surface area contributed by atoms with E-state index in [1.807, 2.05) is 35.4 Å². The average molecular weight is 362 g/mol. The summed E-state index contributed by atoms with van der Waals surface area (Å²) in [6, 6.07) is 16.9. The van der Waals surface area contributed by atoms with Crippen molar-refractivity contribution in [2.24, 2.45) is 0 Å². The predicted molar refractivity (Wildman–Crippen MR) is 105 cm³/mol. The highest BCUT2D eigenvalue weighted by atomic mass is 16.5. The van der Waals surface area contributed by atoms with Crippen molar-refractivity contribution < 1.29 is 4.74 Å². The van der Waals surface area contributed by atoms with Gasteiger partial charge in [0.05, 0.1) is 18.3 Å². The largest absolute Gasteiger partial charge is 0.377 e. The minimum absolute atomic E-state index is 0.341. The Morgan fingerprint density at radius 2 is 1.89 bits per heavy atom. The Hall–Kier alpha value is -2.50. The highest BCUT2D eigenvalue weighted by Crippen LogP contribution is 2.17. The Bertz CT molecular complexity index is 796. The molecule has 2 aromatic heterocycles. The number of hydrogen-bond acceptors (Lipinski definition) is 4. The van der Waals surface area contributed by atoms with E-state index in [-0.39, 0.29) is 0 Å². The Morgan fingerprint density at radius 3 is 2.59 bits per heavy atom. The standard InChI is InChI=1S/C22H26N4O/c1-2-11-23-21(5-1)17-25(18-22-6-3-14-27-22)15-19-7-9-20(10-8-19)16-26-13-4-12-24-26/h1-2,4-5,7-13,22H,3,6,14-18H2. The first-order valence-corrected chi connectivity index (χ1v) is 9.64. The molecule has 0 aliphatic carbocycles. The number of nitrogens with zero attached hydrogens (tertiary/aromatic N) is 4. The summed E-state index contributed by atoms with van der Waals surface area (Å²) < 4.78 is 7.81. The fourth-order valence-corrected chi connectivity index (χ4v) is 3.57. The minimum Gasteiger partial charge on any atom is -0.377 e. The van der Waals surface area contributed by atoms with Gasteiger partial charge in [-0.05, 0) is 42.2 Å². The molecular formula is C22H26N4O. The number of ether oxygens (including phenoxy) is 1. The van der Waals surface area contributed by atoms with Gasteiger partial charge in [-0.3, -0.25) is 14.6 Å². The second-order valence-electron chi connectivity index (χ2n) is 7.15. The number of benzene rings is 1. The van der Waals surface area contributed by atoms with Crippen molar-refractivity contribution in [3.63, 3.8) is 0 Å². The lowest BCUT2D eigenvalue weighted by atomic mass is 10.1. The first-order valence-electron chi connectivity index (χ1n) is 9.64. The molecule has 0 bridgehead atoms. The van der Waals surface area contributed by atoms with Gasteiger partial charge in [0.15, 0.2) is 0 Å². The van der Waals surface area contributed by atoms with E-state index in [9.17, 15) is 0 Å². The van der Waals surface area contributed by atoms with Crippen LogP contribution in [-0.2, 0) is 24.4 Å². The van der Waals surface area contributed by atoms with Crippen LogP contribution in [0.15, 0.2) is 67.1 Å². The van der Waals surface area contributed by atoms with Crippen molar-refractivity contribution in [3.05, 3.63) is 83.9 Å². The van der Waals surface area contributed by atoms with Crippen LogP contribution < -0.4 is 0 Å². The van der Waals surface area contributed by atoms with Gasteiger partial charge in [0.1, 0.15) is 0 Å². The molecule has 3 heterocycles. The van der Waals surface area contributed by atoms with Crippen molar-refractivity contribution in [2.45, 2.75) is 38.6 Å². The number of aromatic nitrogens is 3. The molecule has 1 fully saturated rings. The van der Waals surface area contributed by atoms with Crippen molar-refractivity contribution in [1.29, 1.82) is 0 Å². The molecule has 3 aromatic rings. The summed E-state index contributed by atoms with van der Waals surface area (Å²) in [7, 11) is 0. The summed E-state index contributed by atoms with van der Waals surface area (Å²) in [4.78, 5) is 6.94. The van der Waals surface area contributed by atoms with Gasteiger partial charge >= 0.3 is 0 Å². The summed E-state index contributed by atoms with van der Waals surface area (Å²) in [5.41, 5.74) is 3.68. The Morgan fingerprint density at radius 1 is 1.00 bits per heavy atom. The maximum Gasteiger partial charge on any atom is 0.0703 e. The molecule has 140 valence electrons.